The van der Waals surface area contributed by atoms with E-state index in [0.29, 0.717) is 12.1 Å². The fourth-order valence-corrected chi connectivity index (χ4v) is 4.81. The molecule has 1 atom stereocenters. The first-order chi connectivity index (χ1) is 14.8. The first-order valence-electron chi connectivity index (χ1n) is 10.1. The van der Waals surface area contributed by atoms with E-state index in [-0.39, 0.29) is 17.5 Å². The second kappa shape index (κ2) is 8.40. The minimum Gasteiger partial charge on any atom is -0.478 e. The highest BCUT2D eigenvalue weighted by Gasteiger charge is 2.21. The van der Waals surface area contributed by atoms with Gasteiger partial charge in [-0.3, -0.25) is 4.79 Å². The maximum absolute atomic E-state index is 13.2. The third-order valence-electron chi connectivity index (χ3n) is 5.48. The standard InChI is InChI=1S/C25H24N2O3S/c1-15-4-6-18(7-5-15)14-27-13-12-21-23(27)22(17(3)31-21)24(28)26-16(2)19-8-10-20(11-9-19)25(29)30/h4-13,16H,14H2,1-3H3,(H,26,28)(H,29,30). The number of nitrogens with one attached hydrogen (secondary N) is 1. The molecule has 2 aromatic carbocycles. The monoisotopic (exact) mass is 432 g/mol. The lowest BCUT2D eigenvalue weighted by atomic mass is 10.1. The molecule has 1 unspecified atom stereocenters. The molecule has 0 spiro atoms. The van der Waals surface area contributed by atoms with Gasteiger partial charge >= 0.3 is 5.97 Å². The van der Waals surface area contributed by atoms with Crippen LogP contribution in [0, 0.1) is 13.8 Å². The molecule has 2 heterocycles. The number of carboxylic acids is 1. The number of hydrogen-bond donors (Lipinski definition) is 2. The molecule has 0 saturated carbocycles. The van der Waals surface area contributed by atoms with E-state index in [1.165, 1.54) is 11.1 Å². The number of carbonyl (C=O) groups excluding carboxylic acids is 1. The van der Waals surface area contributed by atoms with Crippen LogP contribution in [0.2, 0.25) is 0 Å². The Kier molecular flexibility index (Phi) is 5.65. The van der Waals surface area contributed by atoms with Crippen molar-refractivity contribution in [3.8, 4) is 0 Å². The normalized spacial score (nSPS) is 12.1. The second-order valence-corrected chi connectivity index (χ2v) is 9.05. The van der Waals surface area contributed by atoms with Crippen molar-refractivity contribution in [3.63, 3.8) is 0 Å². The maximum Gasteiger partial charge on any atom is 0.335 e. The molecule has 4 aromatic rings. The first kappa shape index (κ1) is 20.9. The van der Waals surface area contributed by atoms with Gasteiger partial charge in [-0.1, -0.05) is 42.0 Å². The van der Waals surface area contributed by atoms with Crippen LogP contribution in [0.1, 0.15) is 55.2 Å². The van der Waals surface area contributed by atoms with Gasteiger partial charge in [0.2, 0.25) is 0 Å². The van der Waals surface area contributed by atoms with Gasteiger partial charge in [0.05, 0.1) is 27.4 Å². The summed E-state index contributed by atoms with van der Waals surface area (Å²) in [5.41, 5.74) is 5.15. The van der Waals surface area contributed by atoms with Crippen LogP contribution in [0.4, 0.5) is 0 Å². The minimum absolute atomic E-state index is 0.123. The molecule has 31 heavy (non-hydrogen) atoms. The maximum atomic E-state index is 13.2. The third kappa shape index (κ3) is 4.25. The van der Waals surface area contributed by atoms with E-state index >= 15 is 0 Å². The van der Waals surface area contributed by atoms with Crippen molar-refractivity contribution in [1.29, 1.82) is 0 Å². The molecule has 0 aliphatic carbocycles. The number of benzene rings is 2. The van der Waals surface area contributed by atoms with Gasteiger partial charge in [0.25, 0.3) is 5.91 Å². The minimum atomic E-state index is -0.964. The number of thiophene rings is 1. The highest BCUT2D eigenvalue weighted by atomic mass is 32.1. The van der Waals surface area contributed by atoms with Crippen LogP contribution in [-0.4, -0.2) is 21.6 Å². The summed E-state index contributed by atoms with van der Waals surface area (Å²) in [6.07, 6.45) is 2.03. The number of aromatic carboxylic acids is 1. The highest BCUT2D eigenvalue weighted by molar-refractivity contribution is 7.19. The van der Waals surface area contributed by atoms with Gasteiger partial charge in [0, 0.05) is 17.6 Å². The molecule has 0 saturated heterocycles. The Morgan fingerprint density at radius 1 is 1.03 bits per heavy atom. The van der Waals surface area contributed by atoms with Crippen molar-refractivity contribution in [2.24, 2.45) is 0 Å². The number of rotatable bonds is 6. The lowest BCUT2D eigenvalue weighted by molar-refractivity contribution is 0.0696. The second-order valence-electron chi connectivity index (χ2n) is 7.80. The smallest absolute Gasteiger partial charge is 0.335 e. The quantitative estimate of drug-likeness (QED) is 0.419. The van der Waals surface area contributed by atoms with E-state index < -0.39 is 5.97 Å². The van der Waals surface area contributed by atoms with Gasteiger partial charge in [-0.15, -0.1) is 11.3 Å². The molecule has 0 fully saturated rings. The van der Waals surface area contributed by atoms with Gasteiger partial charge < -0.3 is 15.0 Å². The Bertz CT molecular complexity index is 1250. The fourth-order valence-electron chi connectivity index (χ4n) is 3.74. The van der Waals surface area contributed by atoms with Crippen molar-refractivity contribution in [2.75, 3.05) is 0 Å². The number of hydrogen-bond acceptors (Lipinski definition) is 3. The molecule has 0 bridgehead atoms. The number of nitrogens with zero attached hydrogens (tertiary/aromatic N) is 1. The van der Waals surface area contributed by atoms with Crippen LogP contribution >= 0.6 is 11.3 Å². The van der Waals surface area contributed by atoms with Crippen LogP contribution in [-0.2, 0) is 6.54 Å². The SMILES string of the molecule is Cc1ccc(Cn2ccc3sc(C)c(C(=O)NC(C)c4ccc(C(=O)O)cc4)c32)cc1. The molecule has 6 heteroatoms. The Balaban J connectivity index is 1.60. The van der Waals surface area contributed by atoms with Crippen molar-refractivity contribution in [3.05, 3.63) is 93.5 Å². The zero-order chi connectivity index (χ0) is 22.1. The molecule has 0 aliphatic rings. The predicted molar refractivity (Wildman–Crippen MR) is 124 cm³/mol. The zero-order valence-corrected chi connectivity index (χ0v) is 18.5. The van der Waals surface area contributed by atoms with E-state index in [2.05, 4.69) is 47.1 Å². The summed E-state index contributed by atoms with van der Waals surface area (Å²) < 4.78 is 3.22. The average molecular weight is 433 g/mol. The van der Waals surface area contributed by atoms with Crippen molar-refractivity contribution in [2.45, 2.75) is 33.4 Å². The fraction of sp³-hybridized carbons (Fsp3) is 0.200. The summed E-state index contributed by atoms with van der Waals surface area (Å²) in [6.45, 7) is 6.64. The lowest BCUT2D eigenvalue weighted by Gasteiger charge is -2.15. The topological polar surface area (TPSA) is 71.3 Å². The predicted octanol–water partition coefficient (Wildman–Crippen LogP) is 5.56. The van der Waals surface area contributed by atoms with Crippen molar-refractivity contribution in [1.82, 2.24) is 9.88 Å². The molecule has 158 valence electrons. The Hall–Kier alpha value is -3.38. The summed E-state index contributed by atoms with van der Waals surface area (Å²) in [5.74, 6) is -1.09. The molecular weight excluding hydrogens is 408 g/mol. The van der Waals surface area contributed by atoms with Gasteiger partial charge in [-0.25, -0.2) is 4.79 Å². The Morgan fingerprint density at radius 2 is 1.71 bits per heavy atom. The highest BCUT2D eigenvalue weighted by Crippen LogP contribution is 2.32. The molecule has 1 amide bonds. The van der Waals surface area contributed by atoms with Crippen molar-refractivity contribution >= 4 is 33.4 Å². The van der Waals surface area contributed by atoms with E-state index in [1.807, 2.05) is 20.0 Å². The number of carbonyl (C=O) groups is 2. The molecule has 0 aliphatic heterocycles. The molecule has 2 aromatic heterocycles. The van der Waals surface area contributed by atoms with Crippen LogP contribution in [0.25, 0.3) is 10.2 Å². The zero-order valence-electron chi connectivity index (χ0n) is 17.7. The molecule has 4 rings (SSSR count). The number of aryl methyl sites for hydroxylation is 2. The molecule has 2 N–H and O–H groups in total. The molecular formula is C25H24N2O3S. The molecule has 0 radical (unpaired) electrons. The summed E-state index contributed by atoms with van der Waals surface area (Å²) in [6, 6.07) is 16.8. The summed E-state index contributed by atoms with van der Waals surface area (Å²) in [5, 5.41) is 12.1. The van der Waals surface area contributed by atoms with Crippen LogP contribution < -0.4 is 5.32 Å². The summed E-state index contributed by atoms with van der Waals surface area (Å²) in [4.78, 5) is 25.3. The lowest BCUT2D eigenvalue weighted by Crippen LogP contribution is -2.27. The number of aromatic nitrogens is 1. The van der Waals surface area contributed by atoms with Crippen molar-refractivity contribution < 1.29 is 14.7 Å². The third-order valence-corrected chi connectivity index (χ3v) is 6.54. The van der Waals surface area contributed by atoms with Crippen LogP contribution in [0.3, 0.4) is 0 Å². The first-order valence-corrected chi connectivity index (χ1v) is 10.9. The van der Waals surface area contributed by atoms with E-state index in [1.54, 1.807) is 35.6 Å². The Morgan fingerprint density at radius 3 is 2.35 bits per heavy atom. The molecule has 5 nitrogen and oxygen atoms in total. The largest absolute Gasteiger partial charge is 0.478 e. The average Bonchev–Trinajstić information content (AvgIpc) is 3.27. The van der Waals surface area contributed by atoms with Gasteiger partial charge in [-0.2, -0.15) is 0 Å². The Labute approximate surface area is 185 Å². The number of amides is 1. The summed E-state index contributed by atoms with van der Waals surface area (Å²) >= 11 is 1.62. The van der Waals surface area contributed by atoms with Gasteiger partial charge in [-0.05, 0) is 50.1 Å². The van der Waals surface area contributed by atoms with Gasteiger partial charge in [0.1, 0.15) is 0 Å². The van der Waals surface area contributed by atoms with Crippen LogP contribution in [0.15, 0.2) is 60.8 Å². The number of carboxylic acid groups (broad SMARTS) is 1. The van der Waals surface area contributed by atoms with Crippen LogP contribution in [0.5, 0.6) is 0 Å². The van der Waals surface area contributed by atoms with E-state index in [0.717, 1.165) is 20.7 Å². The van der Waals surface area contributed by atoms with E-state index in [9.17, 15) is 9.59 Å². The van der Waals surface area contributed by atoms with E-state index in [4.69, 9.17) is 5.11 Å². The van der Waals surface area contributed by atoms with Gasteiger partial charge in [0.15, 0.2) is 0 Å². The summed E-state index contributed by atoms with van der Waals surface area (Å²) in [7, 11) is 0. The number of fused-ring (bicyclic) bond motifs is 1.